The van der Waals surface area contributed by atoms with Crippen molar-refractivity contribution in [3.63, 3.8) is 0 Å². The smallest absolute Gasteiger partial charge is 0.326 e. The predicted molar refractivity (Wildman–Crippen MR) is 82.7 cm³/mol. The van der Waals surface area contributed by atoms with Gasteiger partial charge in [-0.3, -0.25) is 14.5 Å². The van der Waals surface area contributed by atoms with E-state index in [9.17, 15) is 14.4 Å². The van der Waals surface area contributed by atoms with Gasteiger partial charge in [0.25, 0.3) is 5.91 Å². The number of thioether (sulfide) groups is 1. The SMILES string of the molecule is Cc1nnc(SCCNC(=O)CC2C(=O)N(C)C(=O)N2C)s1. The van der Waals surface area contributed by atoms with Gasteiger partial charge in [-0.05, 0) is 6.92 Å². The first kappa shape index (κ1) is 16.7. The first-order chi connectivity index (χ1) is 10.4. The van der Waals surface area contributed by atoms with Crippen molar-refractivity contribution in [2.24, 2.45) is 0 Å². The fraction of sp³-hybridized carbons (Fsp3) is 0.583. The number of likely N-dealkylation sites (N-methyl/N-ethyl adjacent to an activating group) is 2. The zero-order valence-electron chi connectivity index (χ0n) is 12.5. The first-order valence-electron chi connectivity index (χ1n) is 6.64. The van der Waals surface area contributed by atoms with E-state index in [-0.39, 0.29) is 24.3 Å². The Kier molecular flexibility index (Phi) is 5.35. The van der Waals surface area contributed by atoms with Crippen molar-refractivity contribution in [1.29, 1.82) is 0 Å². The lowest BCUT2D eigenvalue weighted by atomic mass is 10.2. The molecule has 1 unspecified atom stereocenters. The first-order valence-corrected chi connectivity index (χ1v) is 8.44. The van der Waals surface area contributed by atoms with Crippen molar-refractivity contribution in [2.45, 2.75) is 23.7 Å². The van der Waals surface area contributed by atoms with Gasteiger partial charge < -0.3 is 10.2 Å². The number of carbonyl (C=O) groups is 3. The van der Waals surface area contributed by atoms with Crippen molar-refractivity contribution in [3.05, 3.63) is 5.01 Å². The molecule has 1 saturated heterocycles. The summed E-state index contributed by atoms with van der Waals surface area (Å²) >= 11 is 3.03. The number of rotatable bonds is 6. The average molecular weight is 343 g/mol. The molecule has 120 valence electrons. The molecule has 1 aliphatic heterocycles. The molecule has 1 N–H and O–H groups in total. The lowest BCUT2D eigenvalue weighted by Crippen LogP contribution is -2.38. The van der Waals surface area contributed by atoms with Crippen molar-refractivity contribution < 1.29 is 14.4 Å². The summed E-state index contributed by atoms with van der Waals surface area (Å²) in [5, 5.41) is 11.5. The molecule has 0 saturated carbocycles. The minimum atomic E-state index is -0.712. The highest BCUT2D eigenvalue weighted by Crippen LogP contribution is 2.21. The van der Waals surface area contributed by atoms with E-state index >= 15 is 0 Å². The van der Waals surface area contributed by atoms with Crippen molar-refractivity contribution in [3.8, 4) is 0 Å². The zero-order valence-corrected chi connectivity index (χ0v) is 14.2. The van der Waals surface area contributed by atoms with Gasteiger partial charge in [-0.25, -0.2) is 4.79 Å². The molecular formula is C12H17N5O3S2. The molecule has 1 aromatic rings. The Balaban J connectivity index is 1.72. The van der Waals surface area contributed by atoms with Crippen LogP contribution >= 0.6 is 23.1 Å². The van der Waals surface area contributed by atoms with Gasteiger partial charge in [-0.2, -0.15) is 0 Å². The number of hydrogen-bond donors (Lipinski definition) is 1. The third-order valence-corrected chi connectivity index (χ3v) is 5.18. The summed E-state index contributed by atoms with van der Waals surface area (Å²) in [5.41, 5.74) is 0. The maximum atomic E-state index is 11.9. The van der Waals surface area contributed by atoms with Gasteiger partial charge in [0.2, 0.25) is 5.91 Å². The van der Waals surface area contributed by atoms with Gasteiger partial charge in [0, 0.05) is 26.4 Å². The van der Waals surface area contributed by atoms with Crippen LogP contribution in [0.2, 0.25) is 0 Å². The Morgan fingerprint density at radius 3 is 2.64 bits per heavy atom. The molecule has 1 fully saturated rings. The van der Waals surface area contributed by atoms with Crippen LogP contribution in [0.15, 0.2) is 4.34 Å². The highest BCUT2D eigenvalue weighted by atomic mass is 32.2. The number of urea groups is 1. The molecule has 4 amide bonds. The number of imide groups is 1. The summed E-state index contributed by atoms with van der Waals surface area (Å²) in [7, 11) is 2.94. The standard InChI is InChI=1S/C12H17N5O3S2/c1-7-14-15-11(22-7)21-5-4-13-9(18)6-8-10(19)17(3)12(20)16(8)2/h8H,4-6H2,1-3H3,(H,13,18). The van der Waals surface area contributed by atoms with E-state index in [1.165, 1.54) is 42.1 Å². The Morgan fingerprint density at radius 2 is 2.09 bits per heavy atom. The normalized spacial score (nSPS) is 18.2. The lowest BCUT2D eigenvalue weighted by Gasteiger charge is -2.15. The van der Waals surface area contributed by atoms with E-state index in [1.807, 2.05) is 6.92 Å². The fourth-order valence-corrected chi connectivity index (χ4v) is 3.73. The predicted octanol–water partition coefficient (Wildman–Crippen LogP) is 0.337. The second-order valence-electron chi connectivity index (χ2n) is 4.80. The molecule has 0 aliphatic carbocycles. The molecule has 2 heterocycles. The maximum absolute atomic E-state index is 11.9. The van der Waals surface area contributed by atoms with E-state index in [0.29, 0.717) is 12.3 Å². The Labute approximate surface area is 136 Å². The minimum absolute atomic E-state index is 0.0198. The van der Waals surface area contributed by atoms with E-state index < -0.39 is 6.04 Å². The molecule has 10 heteroatoms. The molecule has 1 aromatic heterocycles. The van der Waals surface area contributed by atoms with Crippen LogP contribution in [0, 0.1) is 6.92 Å². The van der Waals surface area contributed by atoms with Crippen LogP contribution in [0.1, 0.15) is 11.4 Å². The fourth-order valence-electron chi connectivity index (χ4n) is 1.99. The number of nitrogens with one attached hydrogen (secondary N) is 1. The van der Waals surface area contributed by atoms with Crippen LogP contribution < -0.4 is 5.32 Å². The van der Waals surface area contributed by atoms with Crippen LogP contribution in [-0.2, 0) is 9.59 Å². The Morgan fingerprint density at radius 1 is 1.36 bits per heavy atom. The van der Waals surface area contributed by atoms with E-state index in [1.54, 1.807) is 0 Å². The number of aryl methyl sites for hydroxylation is 1. The Hall–Kier alpha value is -1.68. The van der Waals surface area contributed by atoms with Gasteiger partial charge in [0.1, 0.15) is 11.0 Å². The molecular weight excluding hydrogens is 326 g/mol. The highest BCUT2D eigenvalue weighted by molar-refractivity contribution is 8.01. The van der Waals surface area contributed by atoms with Gasteiger partial charge in [-0.15, -0.1) is 10.2 Å². The molecule has 1 atom stereocenters. The number of nitrogens with zero attached hydrogens (tertiary/aromatic N) is 4. The highest BCUT2D eigenvalue weighted by Gasteiger charge is 2.41. The monoisotopic (exact) mass is 343 g/mol. The molecule has 2 rings (SSSR count). The van der Waals surface area contributed by atoms with Gasteiger partial charge in [-0.1, -0.05) is 23.1 Å². The van der Waals surface area contributed by atoms with Crippen LogP contribution in [0.4, 0.5) is 4.79 Å². The summed E-state index contributed by atoms with van der Waals surface area (Å²) in [6, 6.07) is -1.10. The third-order valence-electron chi connectivity index (χ3n) is 3.21. The molecule has 0 spiro atoms. The van der Waals surface area contributed by atoms with Crippen LogP contribution in [0.5, 0.6) is 0 Å². The molecule has 0 bridgehead atoms. The summed E-state index contributed by atoms with van der Waals surface area (Å²) in [5.74, 6) is 0.0805. The molecule has 1 aliphatic rings. The van der Waals surface area contributed by atoms with Gasteiger partial charge in [0.15, 0.2) is 4.34 Å². The third kappa shape index (κ3) is 3.74. The topological polar surface area (TPSA) is 95.5 Å². The van der Waals surface area contributed by atoms with E-state index in [4.69, 9.17) is 0 Å². The van der Waals surface area contributed by atoms with E-state index in [0.717, 1.165) is 14.2 Å². The number of aromatic nitrogens is 2. The molecule has 0 aromatic carbocycles. The summed E-state index contributed by atoms with van der Waals surface area (Å²) < 4.78 is 0.865. The summed E-state index contributed by atoms with van der Waals surface area (Å²) in [6.45, 7) is 2.35. The minimum Gasteiger partial charge on any atom is -0.355 e. The quantitative estimate of drug-likeness (QED) is 0.454. The van der Waals surface area contributed by atoms with Crippen LogP contribution in [-0.4, -0.2) is 70.3 Å². The number of carbonyl (C=O) groups excluding carboxylic acids is 3. The second-order valence-corrected chi connectivity index (χ2v) is 7.32. The maximum Gasteiger partial charge on any atom is 0.326 e. The zero-order chi connectivity index (χ0) is 16.3. The van der Waals surface area contributed by atoms with Crippen molar-refractivity contribution in [2.75, 3.05) is 26.4 Å². The second kappa shape index (κ2) is 7.05. The molecule has 0 radical (unpaired) electrons. The average Bonchev–Trinajstić information content (AvgIpc) is 2.97. The molecule has 22 heavy (non-hydrogen) atoms. The number of amides is 4. The summed E-state index contributed by atoms with van der Waals surface area (Å²) in [6.07, 6.45) is -0.0198. The van der Waals surface area contributed by atoms with Crippen molar-refractivity contribution in [1.82, 2.24) is 25.3 Å². The van der Waals surface area contributed by atoms with Crippen molar-refractivity contribution >= 4 is 40.9 Å². The van der Waals surface area contributed by atoms with E-state index in [2.05, 4.69) is 15.5 Å². The summed E-state index contributed by atoms with van der Waals surface area (Å²) in [4.78, 5) is 37.6. The largest absolute Gasteiger partial charge is 0.355 e. The van der Waals surface area contributed by atoms with Gasteiger partial charge >= 0.3 is 6.03 Å². The number of hydrogen-bond acceptors (Lipinski definition) is 7. The lowest BCUT2D eigenvalue weighted by molar-refractivity contribution is -0.131. The Bertz CT molecular complexity index is 591. The van der Waals surface area contributed by atoms with Crippen LogP contribution in [0.25, 0.3) is 0 Å². The molecule has 8 nitrogen and oxygen atoms in total. The van der Waals surface area contributed by atoms with Gasteiger partial charge in [0.05, 0.1) is 6.42 Å². The van der Waals surface area contributed by atoms with Crippen LogP contribution in [0.3, 0.4) is 0 Å².